The van der Waals surface area contributed by atoms with Crippen molar-refractivity contribution in [1.82, 2.24) is 0 Å². The minimum Gasteiger partial charge on any atom is -0.123 e. The third-order valence-electron chi connectivity index (χ3n) is 0.718. The fourth-order valence-corrected chi connectivity index (χ4v) is 1.91. The fourth-order valence-electron chi connectivity index (χ4n) is 0.425. The molecule has 0 saturated carbocycles. The molecule has 0 bridgehead atoms. The lowest BCUT2D eigenvalue weighted by molar-refractivity contribution is 0.731. The molecule has 0 spiro atoms. The Labute approximate surface area is 98.8 Å². The molecule has 68 valence electrons. The topological polar surface area (TPSA) is 0 Å². The number of alkyl halides is 6. The normalized spacial score (nSPS) is 22.0. The predicted octanol–water partition coefficient (Wildman–Crippen LogP) is 4.55. The molecule has 0 aliphatic heterocycles. The predicted molar refractivity (Wildman–Crippen MR) is 54.7 cm³/mol. The van der Waals surface area contributed by atoms with E-state index >= 15 is 0 Å². The van der Waals surface area contributed by atoms with E-state index in [9.17, 15) is 0 Å². The monoisotopic (exact) mass is 278 g/mol. The fraction of sp³-hybridized carbons (Fsp3) is 1.00. The molecular weight excluding hydrogens is 273 g/mol. The molecule has 11 heavy (non-hydrogen) atoms. The van der Waals surface area contributed by atoms with Crippen LogP contribution in [0.25, 0.3) is 0 Å². The molecule has 1 unspecified atom stereocenters. The van der Waals surface area contributed by atoms with Crippen LogP contribution in [-0.2, 0) is 0 Å². The maximum absolute atomic E-state index is 7.46. The van der Waals surface area contributed by atoms with E-state index in [0.29, 0.717) is 0 Å². The van der Waals surface area contributed by atoms with Gasteiger partial charge in [-0.3, -0.25) is 0 Å². The Kier molecular flexibility index (Phi) is 4.62. The second kappa shape index (κ2) is 5.47. The Balaban J connectivity index is 4.25. The maximum Gasteiger partial charge on any atom is 0.192 e. The van der Waals surface area contributed by atoms with Crippen molar-refractivity contribution in [2.45, 2.75) is 26.8 Å². The molecule has 6 heteroatoms. The zero-order valence-electron chi connectivity index (χ0n) is 7.18. The van der Waals surface area contributed by atoms with Crippen molar-refractivity contribution in [3.8, 4) is 0 Å². The van der Waals surface area contributed by atoms with Gasteiger partial charge in [0.05, 0.1) is 1.37 Å². The highest BCUT2D eigenvalue weighted by Gasteiger charge is 2.25. The molecule has 0 aliphatic carbocycles. The van der Waals surface area contributed by atoms with Crippen LogP contribution in [0.4, 0.5) is 0 Å². The SMILES string of the molecule is [2H]C(Cl)(Cl)CC([2H])(Cl)CC(Cl)(Cl)Cl. The van der Waals surface area contributed by atoms with Crippen molar-refractivity contribution in [3.63, 3.8) is 0 Å². The first-order chi connectivity index (χ1) is 5.41. The van der Waals surface area contributed by atoms with Crippen LogP contribution in [0.3, 0.4) is 0 Å². The Morgan fingerprint density at radius 1 is 1.18 bits per heavy atom. The van der Waals surface area contributed by atoms with Gasteiger partial charge < -0.3 is 0 Å². The third-order valence-corrected chi connectivity index (χ3v) is 1.65. The minimum absolute atomic E-state index is 0.258. The van der Waals surface area contributed by atoms with Crippen LogP contribution < -0.4 is 0 Å². The minimum atomic E-state index is -1.85. The smallest absolute Gasteiger partial charge is 0.123 e. The van der Waals surface area contributed by atoms with Gasteiger partial charge in [-0.15, -0.1) is 34.8 Å². The second-order valence-electron chi connectivity index (χ2n) is 1.82. The molecule has 0 heterocycles. The van der Waals surface area contributed by atoms with Gasteiger partial charge in [-0.25, -0.2) is 0 Å². The molecule has 0 fully saturated rings. The lowest BCUT2D eigenvalue weighted by atomic mass is 10.2. The summed E-state index contributed by atoms with van der Waals surface area (Å²) in [6.07, 6.45) is -0.579. The van der Waals surface area contributed by atoms with Gasteiger partial charge in [-0.05, 0) is 6.42 Å². The molecular formula is C5H6Cl6. The lowest BCUT2D eigenvalue weighted by Crippen LogP contribution is -2.13. The van der Waals surface area contributed by atoms with Crippen LogP contribution in [0, 0.1) is 0 Å². The van der Waals surface area contributed by atoms with Gasteiger partial charge in [0.2, 0.25) is 0 Å². The van der Waals surface area contributed by atoms with E-state index in [-0.39, 0.29) is 12.8 Å². The van der Waals surface area contributed by atoms with Crippen molar-refractivity contribution in [1.29, 1.82) is 0 Å². The van der Waals surface area contributed by atoms with Crippen LogP contribution >= 0.6 is 69.6 Å². The first-order valence-electron chi connectivity index (χ1n) is 3.55. The number of hydrogen-bond donors (Lipinski definition) is 0. The van der Waals surface area contributed by atoms with Crippen LogP contribution in [0.2, 0.25) is 0 Å². The van der Waals surface area contributed by atoms with E-state index in [1.54, 1.807) is 0 Å². The Morgan fingerprint density at radius 2 is 1.64 bits per heavy atom. The summed E-state index contributed by atoms with van der Waals surface area (Å²) in [5, 5.41) is -1.66. The summed E-state index contributed by atoms with van der Waals surface area (Å²) in [7, 11) is 0. The van der Waals surface area contributed by atoms with Crippen molar-refractivity contribution in [2.24, 2.45) is 0 Å². The highest BCUT2D eigenvalue weighted by atomic mass is 35.6. The highest BCUT2D eigenvalue weighted by Crippen LogP contribution is 2.34. The van der Waals surface area contributed by atoms with Crippen LogP contribution in [0.5, 0.6) is 0 Å². The largest absolute Gasteiger partial charge is 0.192 e. The summed E-state index contributed by atoms with van der Waals surface area (Å²) in [6, 6.07) is 0. The molecule has 0 saturated heterocycles. The third kappa shape index (κ3) is 9.66. The number of halogens is 6. The number of rotatable bonds is 3. The van der Waals surface area contributed by atoms with Crippen molar-refractivity contribution >= 4 is 69.6 Å². The standard InChI is InChI=1S/C5H6Cl6/c6-3(1-4(7)8)2-5(9,10)11/h3-4H,1-2H2/i3D,4D. The summed E-state index contributed by atoms with van der Waals surface area (Å²) in [4.78, 5) is -1.85. The van der Waals surface area contributed by atoms with E-state index in [2.05, 4.69) is 0 Å². The molecule has 1 atom stereocenters. The molecule has 0 nitrogen and oxygen atoms in total. The van der Waals surface area contributed by atoms with Gasteiger partial charge in [0.1, 0.15) is 4.81 Å². The highest BCUT2D eigenvalue weighted by molar-refractivity contribution is 6.67. The molecule has 0 aromatic carbocycles. The lowest BCUT2D eigenvalue weighted by Gasteiger charge is -2.15. The molecule has 0 aliphatic rings. The van der Waals surface area contributed by atoms with Gasteiger partial charge in [0.25, 0.3) is 0 Å². The molecule has 0 rings (SSSR count). The Morgan fingerprint density at radius 3 is 1.91 bits per heavy atom. The van der Waals surface area contributed by atoms with Crippen LogP contribution in [-0.4, -0.2) is 14.0 Å². The summed E-state index contributed by atoms with van der Waals surface area (Å²) in [6.45, 7) is 0. The molecule has 0 radical (unpaired) electrons. The quantitative estimate of drug-likeness (QED) is 0.666. The van der Waals surface area contributed by atoms with Crippen LogP contribution in [0.1, 0.15) is 15.6 Å². The van der Waals surface area contributed by atoms with Gasteiger partial charge in [-0.1, -0.05) is 34.8 Å². The van der Waals surface area contributed by atoms with Crippen molar-refractivity contribution in [2.75, 3.05) is 0 Å². The molecule has 0 aromatic rings. The second-order valence-corrected chi connectivity index (χ2v) is 5.98. The summed E-state index contributed by atoms with van der Waals surface area (Å²) >= 11 is 32.6. The van der Waals surface area contributed by atoms with Gasteiger partial charge in [0.15, 0.2) is 3.79 Å². The summed E-state index contributed by atoms with van der Waals surface area (Å²) < 4.78 is 12.9. The zero-order valence-corrected chi connectivity index (χ0v) is 9.72. The first-order valence-corrected chi connectivity index (χ1v) is 4.82. The summed E-state index contributed by atoms with van der Waals surface area (Å²) in [5.74, 6) is 0. The number of hydrogen-bond acceptors (Lipinski definition) is 0. The van der Waals surface area contributed by atoms with Gasteiger partial charge in [-0.2, -0.15) is 0 Å². The first kappa shape index (κ1) is 9.30. The van der Waals surface area contributed by atoms with E-state index in [0.717, 1.165) is 0 Å². The van der Waals surface area contributed by atoms with Crippen molar-refractivity contribution < 1.29 is 2.74 Å². The zero-order chi connectivity index (χ0) is 10.9. The Hall–Kier alpha value is 1.74. The van der Waals surface area contributed by atoms with E-state index in [4.69, 9.17) is 72.3 Å². The average molecular weight is 281 g/mol. The van der Waals surface area contributed by atoms with Gasteiger partial charge >= 0.3 is 0 Å². The average Bonchev–Trinajstić information content (AvgIpc) is 1.43. The maximum atomic E-state index is 7.46. The van der Waals surface area contributed by atoms with E-state index in [1.165, 1.54) is 0 Å². The van der Waals surface area contributed by atoms with Gasteiger partial charge in [0, 0.05) is 13.1 Å². The molecule has 0 N–H and O–H groups in total. The Bertz CT molecular complexity index is 151. The van der Waals surface area contributed by atoms with Crippen molar-refractivity contribution in [3.05, 3.63) is 0 Å². The molecule has 0 aromatic heterocycles. The van der Waals surface area contributed by atoms with E-state index in [1.807, 2.05) is 0 Å². The van der Waals surface area contributed by atoms with Crippen LogP contribution in [0.15, 0.2) is 0 Å². The molecule has 0 amide bonds. The summed E-state index contributed by atoms with van der Waals surface area (Å²) in [5.41, 5.74) is 0. The van der Waals surface area contributed by atoms with E-state index < -0.39 is 14.0 Å².